The first-order valence-corrected chi connectivity index (χ1v) is 7.95. The fourth-order valence-corrected chi connectivity index (χ4v) is 4.25. The summed E-state index contributed by atoms with van der Waals surface area (Å²) in [6.45, 7) is 0. The Bertz CT molecular complexity index is 321. The van der Waals surface area contributed by atoms with Gasteiger partial charge >= 0.3 is 0 Å². The zero-order valence-electron chi connectivity index (χ0n) is 10.3. The monoisotopic (exact) mass is 251 g/mol. The van der Waals surface area contributed by atoms with E-state index >= 15 is 0 Å². The van der Waals surface area contributed by atoms with Crippen molar-refractivity contribution in [2.75, 3.05) is 0 Å². The van der Waals surface area contributed by atoms with E-state index < -0.39 is 0 Å². The molecule has 1 heterocycles. The summed E-state index contributed by atoms with van der Waals surface area (Å²) in [5.74, 6) is 0. The van der Waals surface area contributed by atoms with E-state index in [2.05, 4.69) is 10.2 Å². The minimum atomic E-state index is 0.481. The molecule has 3 aliphatic rings. The van der Waals surface area contributed by atoms with Crippen LogP contribution in [0.1, 0.15) is 57.8 Å². The average molecular weight is 251 g/mol. The highest BCUT2D eigenvalue weighted by Gasteiger charge is 2.32. The van der Waals surface area contributed by atoms with Crippen LogP contribution in [0.15, 0.2) is 15.2 Å². The molecule has 3 nitrogen and oxygen atoms in total. The van der Waals surface area contributed by atoms with E-state index in [-0.39, 0.29) is 0 Å². The lowest BCUT2D eigenvalue weighted by Gasteiger charge is -2.21. The van der Waals surface area contributed by atoms with Crippen LogP contribution in [0.25, 0.3) is 0 Å². The molecule has 4 heteroatoms. The van der Waals surface area contributed by atoms with E-state index in [4.69, 9.17) is 4.99 Å². The molecule has 0 N–H and O–H groups in total. The summed E-state index contributed by atoms with van der Waals surface area (Å²) >= 11 is 1.87. The van der Waals surface area contributed by atoms with Crippen LogP contribution in [-0.2, 0) is 0 Å². The van der Waals surface area contributed by atoms with Crippen LogP contribution in [0.2, 0.25) is 0 Å². The topological polar surface area (TPSA) is 37.1 Å². The predicted octanol–water partition coefficient (Wildman–Crippen LogP) is 4.19. The van der Waals surface area contributed by atoms with Crippen molar-refractivity contribution in [2.45, 2.75) is 75.1 Å². The number of hydrogen-bond acceptors (Lipinski definition) is 4. The van der Waals surface area contributed by atoms with Gasteiger partial charge in [-0.3, -0.25) is 4.99 Å². The summed E-state index contributed by atoms with van der Waals surface area (Å²) in [5.41, 5.74) is 0. The van der Waals surface area contributed by atoms with Gasteiger partial charge in [-0.05, 0) is 25.7 Å². The molecule has 0 spiro atoms. The van der Waals surface area contributed by atoms with Crippen molar-refractivity contribution < 1.29 is 0 Å². The lowest BCUT2D eigenvalue weighted by molar-refractivity contribution is 0.433. The fourth-order valence-electron chi connectivity index (χ4n) is 3.05. The molecule has 2 unspecified atom stereocenters. The maximum Gasteiger partial charge on any atom is 0.204 e. The lowest BCUT2D eigenvalue weighted by Crippen LogP contribution is -2.21. The molecule has 1 aliphatic heterocycles. The van der Waals surface area contributed by atoms with Crippen molar-refractivity contribution in [3.05, 3.63) is 0 Å². The second kappa shape index (κ2) is 5.51. The number of azo groups is 1. The molecule has 0 aromatic heterocycles. The van der Waals surface area contributed by atoms with Gasteiger partial charge in [0.2, 0.25) is 5.17 Å². The van der Waals surface area contributed by atoms with Crippen molar-refractivity contribution in [2.24, 2.45) is 15.2 Å². The van der Waals surface area contributed by atoms with Crippen LogP contribution >= 0.6 is 11.8 Å². The molecule has 0 saturated heterocycles. The zero-order chi connectivity index (χ0) is 11.5. The minimum Gasteiger partial charge on any atom is -0.255 e. The molecule has 0 aromatic rings. The van der Waals surface area contributed by atoms with Crippen molar-refractivity contribution in [1.29, 1.82) is 0 Å². The Kier molecular flexibility index (Phi) is 3.79. The lowest BCUT2D eigenvalue weighted by atomic mass is 9.96. The normalized spacial score (nSPS) is 34.9. The van der Waals surface area contributed by atoms with Gasteiger partial charge in [0.1, 0.15) is 0 Å². The maximum atomic E-state index is 4.71. The van der Waals surface area contributed by atoms with Gasteiger partial charge in [-0.15, -0.1) is 5.11 Å². The van der Waals surface area contributed by atoms with Crippen LogP contribution in [0, 0.1) is 0 Å². The number of amidine groups is 1. The van der Waals surface area contributed by atoms with Crippen LogP contribution in [0.3, 0.4) is 0 Å². The van der Waals surface area contributed by atoms with Gasteiger partial charge < -0.3 is 0 Å². The largest absolute Gasteiger partial charge is 0.255 e. The Balaban J connectivity index is 1.56. The Morgan fingerprint density at radius 3 is 2.53 bits per heavy atom. The molecule has 17 heavy (non-hydrogen) atoms. The number of hydrogen-bond donors (Lipinski definition) is 0. The van der Waals surface area contributed by atoms with Crippen LogP contribution < -0.4 is 0 Å². The first-order chi connectivity index (χ1) is 8.42. The van der Waals surface area contributed by atoms with E-state index in [1.807, 2.05) is 11.8 Å². The number of aliphatic imine (C=N–C) groups is 1. The molecule has 2 fully saturated rings. The summed E-state index contributed by atoms with van der Waals surface area (Å²) in [4.78, 5) is 4.71. The van der Waals surface area contributed by atoms with Gasteiger partial charge in [0.25, 0.3) is 0 Å². The molecular formula is C13H21N3S. The van der Waals surface area contributed by atoms with Crippen LogP contribution in [0.4, 0.5) is 0 Å². The SMILES string of the molecule is C1CCC(N=NC2=NC3CCCCC3S2)CC1. The molecule has 2 atom stereocenters. The summed E-state index contributed by atoms with van der Waals surface area (Å²) in [7, 11) is 0. The molecule has 94 valence electrons. The molecular weight excluding hydrogens is 230 g/mol. The first-order valence-electron chi connectivity index (χ1n) is 7.07. The van der Waals surface area contributed by atoms with Gasteiger partial charge in [-0.25, -0.2) is 0 Å². The summed E-state index contributed by atoms with van der Waals surface area (Å²) in [6.07, 6.45) is 11.8. The van der Waals surface area contributed by atoms with Gasteiger partial charge in [0.15, 0.2) is 0 Å². The fraction of sp³-hybridized carbons (Fsp3) is 0.923. The van der Waals surface area contributed by atoms with E-state index in [0.29, 0.717) is 17.3 Å². The molecule has 0 radical (unpaired) electrons. The van der Waals surface area contributed by atoms with E-state index in [9.17, 15) is 0 Å². The summed E-state index contributed by atoms with van der Waals surface area (Å²) < 4.78 is 0. The highest BCUT2D eigenvalue weighted by molar-refractivity contribution is 8.14. The van der Waals surface area contributed by atoms with Gasteiger partial charge in [-0.2, -0.15) is 5.11 Å². The number of rotatable bonds is 1. The smallest absolute Gasteiger partial charge is 0.204 e. The molecule has 2 saturated carbocycles. The van der Waals surface area contributed by atoms with Gasteiger partial charge in [-0.1, -0.05) is 43.9 Å². The third-order valence-electron chi connectivity index (χ3n) is 4.08. The molecule has 0 amide bonds. The van der Waals surface area contributed by atoms with Crippen molar-refractivity contribution in [3.63, 3.8) is 0 Å². The van der Waals surface area contributed by atoms with Crippen molar-refractivity contribution in [3.8, 4) is 0 Å². The molecule has 3 rings (SSSR count). The molecule has 2 aliphatic carbocycles. The van der Waals surface area contributed by atoms with E-state index in [0.717, 1.165) is 5.17 Å². The number of thioether (sulfide) groups is 1. The van der Waals surface area contributed by atoms with Crippen LogP contribution in [0.5, 0.6) is 0 Å². The van der Waals surface area contributed by atoms with E-state index in [1.54, 1.807) is 0 Å². The highest BCUT2D eigenvalue weighted by atomic mass is 32.2. The second-order valence-corrected chi connectivity index (χ2v) is 6.63. The third-order valence-corrected chi connectivity index (χ3v) is 5.33. The Morgan fingerprint density at radius 2 is 1.71 bits per heavy atom. The second-order valence-electron chi connectivity index (χ2n) is 5.43. The van der Waals surface area contributed by atoms with Crippen molar-refractivity contribution in [1.82, 2.24) is 0 Å². The quantitative estimate of drug-likeness (QED) is 0.644. The average Bonchev–Trinajstić information content (AvgIpc) is 2.80. The van der Waals surface area contributed by atoms with Crippen LogP contribution in [-0.4, -0.2) is 22.5 Å². The van der Waals surface area contributed by atoms with E-state index in [1.165, 1.54) is 57.8 Å². The predicted molar refractivity (Wildman–Crippen MR) is 72.8 cm³/mol. The Labute approximate surface area is 108 Å². The Hall–Kier alpha value is -0.380. The Morgan fingerprint density at radius 1 is 0.941 bits per heavy atom. The summed E-state index contributed by atoms with van der Waals surface area (Å²) in [6, 6.07) is 1.03. The number of nitrogens with zero attached hydrogens (tertiary/aromatic N) is 3. The third kappa shape index (κ3) is 2.90. The van der Waals surface area contributed by atoms with Crippen molar-refractivity contribution >= 4 is 16.9 Å². The molecule has 0 aromatic carbocycles. The zero-order valence-corrected chi connectivity index (χ0v) is 11.2. The van der Waals surface area contributed by atoms with Gasteiger partial charge in [0.05, 0.1) is 12.1 Å². The van der Waals surface area contributed by atoms with Gasteiger partial charge in [0, 0.05) is 5.25 Å². The minimum absolute atomic E-state index is 0.481. The number of fused-ring (bicyclic) bond motifs is 1. The first kappa shape index (κ1) is 11.7. The standard InChI is InChI=1S/C13H21N3S/c1-2-6-10(7-3-1)15-16-13-14-11-8-4-5-9-12(11)17-13/h10-12H,1-9H2. The highest BCUT2D eigenvalue weighted by Crippen LogP contribution is 2.37. The maximum absolute atomic E-state index is 4.71. The molecule has 0 bridgehead atoms. The summed E-state index contributed by atoms with van der Waals surface area (Å²) in [5, 5.41) is 10.6.